The molecule has 0 N–H and O–H groups in total. The lowest BCUT2D eigenvalue weighted by atomic mass is 10.0. The molecule has 1 saturated heterocycles. The van der Waals surface area contributed by atoms with Crippen LogP contribution in [0, 0.1) is 6.92 Å². The van der Waals surface area contributed by atoms with E-state index in [-0.39, 0.29) is 11.4 Å². The van der Waals surface area contributed by atoms with E-state index in [1.54, 1.807) is 10.6 Å². The van der Waals surface area contributed by atoms with Crippen molar-refractivity contribution >= 4 is 36.9 Å². The van der Waals surface area contributed by atoms with Crippen molar-refractivity contribution in [2.45, 2.75) is 63.2 Å². The van der Waals surface area contributed by atoms with Gasteiger partial charge in [0.1, 0.15) is 23.7 Å². The largest absolute Gasteiger partial charge is 0.488 e. The molecule has 0 radical (unpaired) electrons. The Kier molecular flexibility index (Phi) is 5.90. The number of hydrogen-bond acceptors (Lipinski definition) is 5. The van der Waals surface area contributed by atoms with Gasteiger partial charge >= 0.3 is 0 Å². The quantitative estimate of drug-likeness (QED) is 0.673. The Morgan fingerprint density at radius 3 is 2.50 bits per heavy atom. The van der Waals surface area contributed by atoms with E-state index in [0.717, 1.165) is 58.9 Å². The zero-order chi connectivity index (χ0) is 19.7. The van der Waals surface area contributed by atoms with Crippen molar-refractivity contribution in [1.29, 1.82) is 0 Å². The van der Waals surface area contributed by atoms with Gasteiger partial charge in [0.15, 0.2) is 0 Å². The van der Waals surface area contributed by atoms with E-state index >= 15 is 0 Å². The van der Waals surface area contributed by atoms with Crippen LogP contribution in [-0.2, 0) is 10.0 Å². The molecule has 1 aromatic heterocycles. The highest BCUT2D eigenvalue weighted by molar-refractivity contribution is 9.10. The number of sulfonamides is 1. The molecule has 0 amide bonds. The summed E-state index contributed by atoms with van der Waals surface area (Å²) in [6.45, 7) is 3.02. The normalized spacial score (nSPS) is 20.5. The zero-order valence-electron chi connectivity index (χ0n) is 16.1. The van der Waals surface area contributed by atoms with Crippen LogP contribution in [0.3, 0.4) is 0 Å². The number of hydrogen-bond donors (Lipinski definition) is 0. The summed E-state index contributed by atoms with van der Waals surface area (Å²) in [5, 5.41) is 0.775. The maximum absolute atomic E-state index is 12.9. The zero-order valence-corrected chi connectivity index (χ0v) is 18.5. The standard InChI is InChI=1S/C20H26BrN3O3S/c1-14-18-11-15(21)12-19(20(18)23-13-22-14)27-16-7-9-24(10-8-16)28(25,26)17-5-3-2-4-6-17/h11-13,16-17H,2-10H2,1H3. The maximum Gasteiger partial charge on any atom is 0.216 e. The first-order chi connectivity index (χ1) is 13.4. The number of halogens is 1. The molecule has 0 bridgehead atoms. The van der Waals surface area contributed by atoms with Crippen LogP contribution in [0.4, 0.5) is 0 Å². The molecule has 2 aromatic rings. The fourth-order valence-electron chi connectivity index (χ4n) is 4.27. The van der Waals surface area contributed by atoms with Crippen LogP contribution in [0.2, 0.25) is 0 Å². The first-order valence-corrected chi connectivity index (χ1v) is 12.3. The minimum Gasteiger partial charge on any atom is -0.488 e. The topological polar surface area (TPSA) is 72.4 Å². The predicted molar refractivity (Wildman–Crippen MR) is 113 cm³/mol. The molecule has 2 fully saturated rings. The van der Waals surface area contributed by atoms with Gasteiger partial charge < -0.3 is 4.74 Å². The summed E-state index contributed by atoms with van der Waals surface area (Å²) in [5.41, 5.74) is 1.71. The molecule has 1 aliphatic heterocycles. The summed E-state index contributed by atoms with van der Waals surface area (Å²) < 4.78 is 34.7. The van der Waals surface area contributed by atoms with Crippen LogP contribution in [-0.4, -0.2) is 47.1 Å². The Hall–Kier alpha value is -1.25. The van der Waals surface area contributed by atoms with Gasteiger partial charge in [0.05, 0.1) is 5.25 Å². The van der Waals surface area contributed by atoms with E-state index < -0.39 is 10.0 Å². The van der Waals surface area contributed by atoms with Crippen molar-refractivity contribution in [2.24, 2.45) is 0 Å². The van der Waals surface area contributed by atoms with Crippen molar-refractivity contribution in [3.63, 3.8) is 0 Å². The van der Waals surface area contributed by atoms with E-state index in [0.29, 0.717) is 25.9 Å². The molecule has 0 unspecified atom stereocenters. The van der Waals surface area contributed by atoms with Gasteiger partial charge in [-0.15, -0.1) is 0 Å². The van der Waals surface area contributed by atoms with Crippen molar-refractivity contribution in [3.8, 4) is 5.75 Å². The van der Waals surface area contributed by atoms with E-state index in [2.05, 4.69) is 25.9 Å². The number of benzene rings is 1. The van der Waals surface area contributed by atoms with Crippen LogP contribution in [0.25, 0.3) is 10.9 Å². The number of ether oxygens (including phenoxy) is 1. The highest BCUT2D eigenvalue weighted by Gasteiger charge is 2.35. The number of piperidine rings is 1. The number of rotatable bonds is 4. The molecular formula is C20H26BrN3O3S. The van der Waals surface area contributed by atoms with Gasteiger partial charge in [-0.2, -0.15) is 0 Å². The minimum absolute atomic E-state index is 0.00872. The van der Waals surface area contributed by atoms with Gasteiger partial charge in [0, 0.05) is 28.6 Å². The third-order valence-electron chi connectivity index (χ3n) is 5.90. The van der Waals surface area contributed by atoms with Crippen molar-refractivity contribution in [1.82, 2.24) is 14.3 Å². The summed E-state index contributed by atoms with van der Waals surface area (Å²) >= 11 is 3.54. The first kappa shape index (κ1) is 20.0. The number of aromatic nitrogens is 2. The van der Waals surface area contributed by atoms with E-state index in [9.17, 15) is 8.42 Å². The summed E-state index contributed by atoms with van der Waals surface area (Å²) in [6, 6.07) is 3.93. The third kappa shape index (κ3) is 4.04. The second kappa shape index (κ2) is 8.24. The highest BCUT2D eigenvalue weighted by atomic mass is 79.9. The number of nitrogens with zero attached hydrogens (tertiary/aromatic N) is 3. The Morgan fingerprint density at radius 1 is 1.07 bits per heavy atom. The van der Waals surface area contributed by atoms with Crippen LogP contribution in [0.15, 0.2) is 22.9 Å². The van der Waals surface area contributed by atoms with E-state index in [1.807, 2.05) is 19.1 Å². The minimum atomic E-state index is -3.18. The monoisotopic (exact) mass is 467 g/mol. The summed E-state index contributed by atoms with van der Waals surface area (Å²) in [6.07, 6.45) is 7.77. The molecule has 1 saturated carbocycles. The second-order valence-corrected chi connectivity index (χ2v) is 10.9. The molecule has 28 heavy (non-hydrogen) atoms. The van der Waals surface area contributed by atoms with Gasteiger partial charge in [0.25, 0.3) is 0 Å². The summed E-state index contributed by atoms with van der Waals surface area (Å²) in [4.78, 5) is 8.66. The Morgan fingerprint density at radius 2 is 1.79 bits per heavy atom. The van der Waals surface area contributed by atoms with Crippen molar-refractivity contribution < 1.29 is 13.2 Å². The summed E-state index contributed by atoms with van der Waals surface area (Å²) in [5.74, 6) is 0.725. The molecule has 1 aliphatic carbocycles. The van der Waals surface area contributed by atoms with Crippen molar-refractivity contribution in [2.75, 3.05) is 13.1 Å². The van der Waals surface area contributed by atoms with Gasteiger partial charge in [-0.25, -0.2) is 22.7 Å². The molecule has 2 heterocycles. The van der Waals surface area contributed by atoms with Crippen LogP contribution in [0.1, 0.15) is 50.6 Å². The molecule has 0 spiro atoms. The lowest BCUT2D eigenvalue weighted by Crippen LogP contribution is -2.46. The van der Waals surface area contributed by atoms with E-state index in [4.69, 9.17) is 4.74 Å². The number of fused-ring (bicyclic) bond motifs is 1. The van der Waals surface area contributed by atoms with Gasteiger partial charge in [-0.3, -0.25) is 0 Å². The Bertz CT molecular complexity index is 953. The Labute approximate surface area is 174 Å². The molecule has 152 valence electrons. The van der Waals surface area contributed by atoms with Gasteiger partial charge in [-0.1, -0.05) is 35.2 Å². The first-order valence-electron chi connectivity index (χ1n) is 10.0. The van der Waals surface area contributed by atoms with Crippen LogP contribution in [0.5, 0.6) is 5.75 Å². The molecule has 2 aliphatic rings. The lowest BCUT2D eigenvalue weighted by Gasteiger charge is -2.35. The van der Waals surface area contributed by atoms with Crippen LogP contribution >= 0.6 is 15.9 Å². The highest BCUT2D eigenvalue weighted by Crippen LogP contribution is 2.33. The molecule has 6 nitrogen and oxygen atoms in total. The Balaban J connectivity index is 1.45. The maximum atomic E-state index is 12.9. The fraction of sp³-hybridized carbons (Fsp3) is 0.600. The van der Waals surface area contributed by atoms with E-state index in [1.165, 1.54) is 0 Å². The smallest absolute Gasteiger partial charge is 0.216 e. The summed E-state index contributed by atoms with van der Waals surface area (Å²) in [7, 11) is -3.18. The SMILES string of the molecule is Cc1ncnc2c(OC3CCN(S(=O)(=O)C4CCCCC4)CC3)cc(Br)cc12. The number of aryl methyl sites for hydroxylation is 1. The second-order valence-electron chi connectivity index (χ2n) is 7.78. The van der Waals surface area contributed by atoms with Gasteiger partial charge in [-0.05, 0) is 44.7 Å². The molecule has 4 rings (SSSR count). The molecular weight excluding hydrogens is 442 g/mol. The predicted octanol–water partition coefficient (Wildman–Crippen LogP) is 4.21. The van der Waals surface area contributed by atoms with Crippen LogP contribution < -0.4 is 4.74 Å². The fourth-order valence-corrected chi connectivity index (χ4v) is 6.78. The third-order valence-corrected chi connectivity index (χ3v) is 8.75. The average molecular weight is 468 g/mol. The molecule has 8 heteroatoms. The van der Waals surface area contributed by atoms with Crippen molar-refractivity contribution in [3.05, 3.63) is 28.6 Å². The van der Waals surface area contributed by atoms with Gasteiger partial charge in [0.2, 0.25) is 10.0 Å². The molecule has 0 atom stereocenters. The average Bonchev–Trinajstić information content (AvgIpc) is 2.70. The molecule has 1 aromatic carbocycles. The lowest BCUT2D eigenvalue weighted by molar-refractivity contribution is 0.136.